The molecule has 0 atom stereocenters. The molecule has 216 valence electrons. The Kier molecular flexibility index (Phi) is 7.95. The van der Waals surface area contributed by atoms with Gasteiger partial charge in [-0.05, 0) is 49.2 Å². The van der Waals surface area contributed by atoms with Gasteiger partial charge in [-0.15, -0.1) is 0 Å². The van der Waals surface area contributed by atoms with Gasteiger partial charge in [-0.2, -0.15) is 0 Å². The Morgan fingerprint density at radius 3 is 1.90 bits per heavy atom. The van der Waals surface area contributed by atoms with E-state index in [0.29, 0.717) is 33.4 Å². The maximum absolute atomic E-state index is 13.7. The molecular formula is C31H27FN2O7S. The number of carbonyl (C=O) groups is 3. The van der Waals surface area contributed by atoms with Crippen LogP contribution in [-0.2, 0) is 27.0 Å². The van der Waals surface area contributed by atoms with Crippen molar-refractivity contribution in [1.29, 1.82) is 0 Å². The van der Waals surface area contributed by atoms with Gasteiger partial charge in [-0.25, -0.2) is 17.7 Å². The van der Waals surface area contributed by atoms with Crippen molar-refractivity contribution < 1.29 is 36.7 Å². The number of anilines is 1. The quantitative estimate of drug-likeness (QED) is 0.265. The molecule has 0 aliphatic carbocycles. The smallest absolute Gasteiger partial charge is 0.270 e. The summed E-state index contributed by atoms with van der Waals surface area (Å²) in [4.78, 5) is 40.7. The second-order valence-corrected chi connectivity index (χ2v) is 11.2. The summed E-state index contributed by atoms with van der Waals surface area (Å²) in [7, 11) is -4.08. The molecule has 11 heteroatoms. The number of fused-ring (bicyclic) bond motifs is 2. The van der Waals surface area contributed by atoms with E-state index in [2.05, 4.69) is 0 Å². The second-order valence-electron chi connectivity index (χ2n) is 9.52. The lowest BCUT2D eigenvalue weighted by Crippen LogP contribution is -2.32. The van der Waals surface area contributed by atoms with E-state index in [-0.39, 0.29) is 36.4 Å². The molecule has 42 heavy (non-hydrogen) atoms. The van der Waals surface area contributed by atoms with E-state index in [1.165, 1.54) is 42.5 Å². The molecular weight excluding hydrogens is 563 g/mol. The van der Waals surface area contributed by atoms with Crippen molar-refractivity contribution in [3.05, 3.63) is 101 Å². The third-order valence-corrected chi connectivity index (χ3v) is 7.86. The lowest BCUT2D eigenvalue weighted by Gasteiger charge is -2.15. The molecule has 3 amide bonds. The second kappa shape index (κ2) is 11.6. The molecule has 0 aromatic heterocycles. The van der Waals surface area contributed by atoms with Crippen LogP contribution in [0.4, 0.5) is 10.1 Å². The van der Waals surface area contributed by atoms with Gasteiger partial charge < -0.3 is 9.47 Å². The van der Waals surface area contributed by atoms with Crippen LogP contribution in [0, 0.1) is 5.82 Å². The highest BCUT2D eigenvalue weighted by Crippen LogP contribution is 2.46. The van der Waals surface area contributed by atoms with Crippen molar-refractivity contribution in [2.75, 3.05) is 18.1 Å². The van der Waals surface area contributed by atoms with Crippen LogP contribution < -0.4 is 19.1 Å². The minimum atomic E-state index is -4.08. The third-order valence-electron chi connectivity index (χ3n) is 6.61. The number of nitrogens with one attached hydrogen (secondary N) is 1. The van der Waals surface area contributed by atoms with E-state index in [1.807, 2.05) is 16.9 Å². The van der Waals surface area contributed by atoms with Crippen molar-refractivity contribution in [1.82, 2.24) is 4.72 Å². The van der Waals surface area contributed by atoms with Crippen molar-refractivity contribution >= 4 is 44.2 Å². The zero-order valence-electron chi connectivity index (χ0n) is 22.8. The number of carbonyl (C=O) groups excluding carboxylic acids is 3. The fraction of sp³-hybridized carbons (Fsp3) is 0.194. The van der Waals surface area contributed by atoms with Gasteiger partial charge in [0.2, 0.25) is 15.9 Å². The number of nitrogens with zero attached hydrogens (tertiary/aromatic N) is 1. The fourth-order valence-electron chi connectivity index (χ4n) is 4.96. The summed E-state index contributed by atoms with van der Waals surface area (Å²) in [5.41, 5.74) is 1.10. The Labute approximate surface area is 241 Å². The zero-order valence-corrected chi connectivity index (χ0v) is 23.7. The van der Waals surface area contributed by atoms with Gasteiger partial charge in [0.15, 0.2) is 0 Å². The molecule has 4 aromatic carbocycles. The van der Waals surface area contributed by atoms with Crippen molar-refractivity contribution in [2.45, 2.75) is 26.0 Å². The third kappa shape index (κ3) is 5.55. The van der Waals surface area contributed by atoms with Gasteiger partial charge in [-0.3, -0.25) is 19.1 Å². The highest BCUT2D eigenvalue weighted by atomic mass is 32.2. The predicted molar refractivity (Wildman–Crippen MR) is 155 cm³/mol. The Balaban J connectivity index is 1.40. The number of imide groups is 1. The molecule has 0 saturated carbocycles. The normalized spacial score (nSPS) is 12.9. The summed E-state index contributed by atoms with van der Waals surface area (Å²) in [6.45, 7) is 4.11. The van der Waals surface area contributed by atoms with E-state index in [1.54, 1.807) is 26.0 Å². The lowest BCUT2D eigenvalue weighted by molar-refractivity contribution is -0.118. The molecule has 4 aromatic rings. The molecule has 1 N–H and O–H groups in total. The number of hydrogen-bond acceptors (Lipinski definition) is 7. The van der Waals surface area contributed by atoms with Gasteiger partial charge in [0, 0.05) is 10.8 Å². The molecule has 0 spiro atoms. The van der Waals surface area contributed by atoms with E-state index >= 15 is 0 Å². The molecule has 0 fully saturated rings. The molecule has 1 heterocycles. The van der Waals surface area contributed by atoms with Crippen LogP contribution in [0.5, 0.6) is 11.5 Å². The first-order chi connectivity index (χ1) is 20.1. The Morgan fingerprint density at radius 1 is 0.810 bits per heavy atom. The van der Waals surface area contributed by atoms with Crippen molar-refractivity contribution in [3.8, 4) is 11.5 Å². The van der Waals surface area contributed by atoms with Crippen LogP contribution in [0.1, 0.15) is 45.7 Å². The van der Waals surface area contributed by atoms with E-state index in [4.69, 9.17) is 9.47 Å². The molecule has 0 bridgehead atoms. The molecule has 5 rings (SSSR count). The highest BCUT2D eigenvalue weighted by molar-refractivity contribution is 7.89. The molecule has 0 saturated heterocycles. The van der Waals surface area contributed by atoms with Crippen molar-refractivity contribution in [2.24, 2.45) is 0 Å². The minimum Gasteiger partial charge on any atom is -0.492 e. The standard InChI is InChI=1S/C31H27FN2O7S/c1-3-40-28-23-10-5-6-11-24(23)29(41-4-2)27-26(28)30(36)34(31(27)37)22-14-12-19(13-15-22)18-42(38,39)33-25(35)17-20-8-7-9-21(32)16-20/h5-16H,3-4,17-18H2,1-2H3,(H,33,35). The van der Waals surface area contributed by atoms with Crippen LogP contribution in [-0.4, -0.2) is 39.4 Å². The van der Waals surface area contributed by atoms with Gasteiger partial charge in [0.25, 0.3) is 11.8 Å². The number of halogens is 1. The largest absolute Gasteiger partial charge is 0.492 e. The molecule has 1 aliphatic rings. The van der Waals surface area contributed by atoms with Gasteiger partial charge in [0.1, 0.15) is 17.3 Å². The first-order valence-corrected chi connectivity index (χ1v) is 14.9. The summed E-state index contributed by atoms with van der Waals surface area (Å²) in [6.07, 6.45) is -0.307. The van der Waals surface area contributed by atoms with Gasteiger partial charge >= 0.3 is 0 Å². The van der Waals surface area contributed by atoms with E-state index in [9.17, 15) is 27.2 Å². The monoisotopic (exact) mass is 590 g/mol. The van der Waals surface area contributed by atoms with Gasteiger partial charge in [-0.1, -0.05) is 48.5 Å². The topological polar surface area (TPSA) is 119 Å². The molecule has 1 aliphatic heterocycles. The molecule has 0 unspecified atom stereocenters. The Morgan fingerprint density at radius 2 is 1.38 bits per heavy atom. The first kappa shape index (κ1) is 28.7. The summed E-state index contributed by atoms with van der Waals surface area (Å²) >= 11 is 0. The first-order valence-electron chi connectivity index (χ1n) is 13.2. The number of hydrogen-bond donors (Lipinski definition) is 1. The van der Waals surface area contributed by atoms with Crippen molar-refractivity contribution in [3.63, 3.8) is 0 Å². The summed E-state index contributed by atoms with van der Waals surface area (Å²) in [6, 6.07) is 18.4. The predicted octanol–water partition coefficient (Wildman–Crippen LogP) is 4.77. The number of amides is 3. The zero-order chi connectivity index (χ0) is 30.0. The lowest BCUT2D eigenvalue weighted by atomic mass is 9.99. The maximum Gasteiger partial charge on any atom is 0.270 e. The van der Waals surface area contributed by atoms with E-state index < -0.39 is 39.3 Å². The summed E-state index contributed by atoms with van der Waals surface area (Å²) in [5, 5.41) is 1.29. The number of sulfonamides is 1. The summed E-state index contributed by atoms with van der Waals surface area (Å²) < 4.78 is 52.4. The van der Waals surface area contributed by atoms with Crippen LogP contribution in [0.3, 0.4) is 0 Å². The fourth-order valence-corrected chi connectivity index (χ4v) is 6.08. The van der Waals surface area contributed by atoms with Crippen LogP contribution in [0.25, 0.3) is 10.8 Å². The minimum absolute atomic E-state index is 0.108. The van der Waals surface area contributed by atoms with Crippen LogP contribution in [0.2, 0.25) is 0 Å². The number of ether oxygens (including phenoxy) is 2. The number of rotatable bonds is 10. The Hall–Kier alpha value is -4.77. The highest BCUT2D eigenvalue weighted by Gasteiger charge is 2.43. The van der Waals surface area contributed by atoms with E-state index in [0.717, 1.165) is 11.0 Å². The van der Waals surface area contributed by atoms with Crippen LogP contribution >= 0.6 is 0 Å². The Bertz CT molecular complexity index is 1760. The maximum atomic E-state index is 13.7. The average molecular weight is 591 g/mol. The average Bonchev–Trinajstić information content (AvgIpc) is 3.20. The molecule has 9 nitrogen and oxygen atoms in total. The van der Waals surface area contributed by atoms with Crippen LogP contribution in [0.15, 0.2) is 72.8 Å². The SMILES string of the molecule is CCOc1c2c(c(OCC)c3ccccc13)C(=O)N(c1ccc(CS(=O)(=O)NC(=O)Cc3cccc(F)c3)cc1)C2=O. The van der Waals surface area contributed by atoms with Gasteiger partial charge in [0.05, 0.1) is 42.2 Å². The molecule has 0 radical (unpaired) electrons. The summed E-state index contributed by atoms with van der Waals surface area (Å²) in [5.74, 6) is -2.44. The number of benzene rings is 4.